The molecule has 2 aliphatic heterocycles. The second-order valence-corrected chi connectivity index (χ2v) is 8.56. The number of nitrogen functional groups attached to an aromatic ring is 1. The number of hydrogen-bond acceptors (Lipinski definition) is 13. The molecule has 2 atom stereocenters. The normalized spacial score (nSPS) is 20.5. The van der Waals surface area contributed by atoms with Gasteiger partial charge < -0.3 is 25.8 Å². The van der Waals surface area contributed by atoms with E-state index in [9.17, 15) is 19.5 Å². The van der Waals surface area contributed by atoms with Gasteiger partial charge in [-0.1, -0.05) is 9.64 Å². The molecule has 0 radical (unpaired) electrons. The predicted octanol–water partition coefficient (Wildman–Crippen LogP) is -4.51. The van der Waals surface area contributed by atoms with Crippen molar-refractivity contribution in [2.75, 3.05) is 18.6 Å². The number of nitrogens with two attached hydrogens (primary N) is 1. The number of nitrogens with zero attached hydrogens (tertiary/aromatic N) is 5. The van der Waals surface area contributed by atoms with Crippen LogP contribution in [-0.2, 0) is 19.2 Å². The Morgan fingerprint density at radius 1 is 1.42 bits per heavy atom. The number of amides is 2. The number of carboxylic acids is 1. The molecule has 4 rings (SSSR count). The molecule has 0 unspecified atom stereocenters. The number of β-lactam (4-membered cyclic amide) rings is 1. The molecule has 2 aliphatic rings. The van der Waals surface area contributed by atoms with Gasteiger partial charge in [-0.05, 0) is 11.5 Å². The number of carbonyl (C=O) groups excluding carboxylic acids is 3. The van der Waals surface area contributed by atoms with E-state index in [0.717, 1.165) is 27.8 Å². The first kappa shape index (κ1) is 23.6. The molecule has 31 heavy (non-hydrogen) atoms. The van der Waals surface area contributed by atoms with Crippen molar-refractivity contribution in [2.45, 2.75) is 11.4 Å². The summed E-state index contributed by atoms with van der Waals surface area (Å²) in [6, 6.07) is -0.954. The van der Waals surface area contributed by atoms with Gasteiger partial charge in [0.15, 0.2) is 10.8 Å². The fraction of sp³-hybridized carbons (Fsp3) is 0.267. The molecule has 0 saturated carbocycles. The number of rotatable bonds is 6. The summed E-state index contributed by atoms with van der Waals surface area (Å²) >= 11 is 3.48. The summed E-state index contributed by atoms with van der Waals surface area (Å²) < 4.78 is 3.73. The summed E-state index contributed by atoms with van der Waals surface area (Å²) in [4.78, 5) is 47.0. The van der Waals surface area contributed by atoms with Crippen molar-refractivity contribution >= 4 is 68.8 Å². The van der Waals surface area contributed by atoms with E-state index in [0.29, 0.717) is 11.3 Å². The van der Waals surface area contributed by atoms with Gasteiger partial charge in [-0.25, -0.2) is 4.98 Å². The average Bonchev–Trinajstić information content (AvgIpc) is 3.40. The minimum Gasteiger partial charge on any atom is -0.543 e. The first-order valence-corrected chi connectivity index (χ1v) is 11.0. The first-order valence-electron chi connectivity index (χ1n) is 8.22. The Bertz CT molecular complexity index is 1090. The van der Waals surface area contributed by atoms with E-state index in [-0.39, 0.29) is 57.5 Å². The zero-order valence-corrected chi connectivity index (χ0v) is 20.5. The number of carbonyl (C=O) groups is 3. The molecule has 2 aromatic rings. The predicted molar refractivity (Wildman–Crippen MR) is 107 cm³/mol. The van der Waals surface area contributed by atoms with Crippen molar-refractivity contribution in [3.63, 3.8) is 0 Å². The van der Waals surface area contributed by atoms with Gasteiger partial charge in [0.25, 0.3) is 11.8 Å². The summed E-state index contributed by atoms with van der Waals surface area (Å²) in [6.07, 6.45) is 0. The van der Waals surface area contributed by atoms with Gasteiger partial charge in [-0.2, -0.15) is 0 Å². The monoisotopic (exact) mass is 489 g/mol. The molecular formula is C15H12N7NaO5S3. The molecule has 2 amide bonds. The van der Waals surface area contributed by atoms with Crippen LogP contribution in [-0.4, -0.2) is 67.2 Å². The quantitative estimate of drug-likeness (QED) is 0.174. The molecular weight excluding hydrogens is 477 g/mol. The summed E-state index contributed by atoms with van der Waals surface area (Å²) in [5.41, 5.74) is 6.11. The number of aliphatic carboxylic acids is 1. The molecule has 2 aromatic heterocycles. The van der Waals surface area contributed by atoms with Crippen LogP contribution in [0.1, 0.15) is 11.4 Å². The average molecular weight is 489 g/mol. The number of nitrogens with one attached hydrogen (secondary N) is 1. The fourth-order valence-corrected chi connectivity index (χ4v) is 5.38. The number of aromatic nitrogens is 3. The van der Waals surface area contributed by atoms with Gasteiger partial charge in [0.1, 0.15) is 29.9 Å². The summed E-state index contributed by atoms with van der Waals surface area (Å²) in [6.45, 7) is 0. The van der Waals surface area contributed by atoms with E-state index in [2.05, 4.69) is 25.0 Å². The number of thioether (sulfide) groups is 1. The van der Waals surface area contributed by atoms with Crippen molar-refractivity contribution in [1.82, 2.24) is 24.8 Å². The second kappa shape index (κ2) is 9.62. The van der Waals surface area contributed by atoms with Crippen LogP contribution < -0.4 is 45.7 Å². The molecule has 4 heterocycles. The standard InChI is InChI=1S/C15H13N7O5S3.Na/c1-27-20-8(7-3-29-15(16)17-7)11(23)18-9-12(24)22-10(14(25)26)5(2-28-13(9)22)6-4-30-21-19-6;/h3-4,9,13H,2H2,1H3,(H2,16,17)(H,18,23)(H,25,26);/q;+1/p-1/b20-8-;/t9-,13+;/m1./s1. The van der Waals surface area contributed by atoms with E-state index in [4.69, 9.17) is 10.6 Å². The van der Waals surface area contributed by atoms with E-state index < -0.39 is 29.2 Å². The molecule has 3 N–H and O–H groups in total. The van der Waals surface area contributed by atoms with Gasteiger partial charge in [0, 0.05) is 22.1 Å². The van der Waals surface area contributed by atoms with Crippen LogP contribution in [0, 0.1) is 0 Å². The summed E-state index contributed by atoms with van der Waals surface area (Å²) in [7, 11) is 1.27. The van der Waals surface area contributed by atoms with Crippen molar-refractivity contribution in [2.24, 2.45) is 5.16 Å². The maximum absolute atomic E-state index is 12.7. The number of fused-ring (bicyclic) bond motifs is 1. The van der Waals surface area contributed by atoms with Crippen LogP contribution in [0.2, 0.25) is 0 Å². The van der Waals surface area contributed by atoms with Gasteiger partial charge in [-0.3, -0.25) is 14.5 Å². The number of anilines is 1. The SMILES string of the molecule is CO/N=C(\C(=O)N[C@@H]1C(=O)N2C(C(=O)[O-])=C(c3csnn3)CS[C@@H]12)c1csc(N)n1.[Na+]. The van der Waals surface area contributed by atoms with Gasteiger partial charge in [0.2, 0.25) is 0 Å². The van der Waals surface area contributed by atoms with Gasteiger partial charge in [-0.15, -0.1) is 28.2 Å². The molecule has 16 heteroatoms. The molecule has 0 aromatic carbocycles. The topological polar surface area (TPSA) is 176 Å². The van der Waals surface area contributed by atoms with Gasteiger partial charge >= 0.3 is 29.6 Å². The maximum Gasteiger partial charge on any atom is 1.00 e. The van der Waals surface area contributed by atoms with Crippen molar-refractivity contribution in [3.05, 3.63) is 27.8 Å². The molecule has 12 nitrogen and oxygen atoms in total. The number of hydrogen-bond donors (Lipinski definition) is 2. The second-order valence-electron chi connectivity index (χ2n) is 5.96. The van der Waals surface area contributed by atoms with E-state index in [1.165, 1.54) is 24.3 Å². The van der Waals surface area contributed by atoms with Crippen LogP contribution in [0.5, 0.6) is 0 Å². The Balaban J connectivity index is 0.00000272. The van der Waals surface area contributed by atoms with Crippen LogP contribution in [0.3, 0.4) is 0 Å². The van der Waals surface area contributed by atoms with Crippen molar-refractivity contribution in [1.29, 1.82) is 0 Å². The summed E-state index contributed by atoms with van der Waals surface area (Å²) in [5.74, 6) is -2.53. The fourth-order valence-electron chi connectivity index (χ4n) is 3.00. The molecule has 1 saturated heterocycles. The first-order chi connectivity index (χ1) is 14.4. The number of thiazole rings is 1. The third-order valence-electron chi connectivity index (χ3n) is 4.28. The van der Waals surface area contributed by atoms with Gasteiger partial charge in [0.05, 0.1) is 11.7 Å². The van der Waals surface area contributed by atoms with E-state index in [1.807, 2.05) is 0 Å². The number of oxime groups is 1. The third-order valence-corrected chi connectivity index (χ3v) is 6.74. The minimum absolute atomic E-state index is 0. The van der Waals surface area contributed by atoms with E-state index in [1.54, 1.807) is 5.38 Å². The smallest absolute Gasteiger partial charge is 0.543 e. The molecule has 1 fully saturated rings. The molecule has 0 spiro atoms. The largest absolute Gasteiger partial charge is 1.00 e. The zero-order chi connectivity index (χ0) is 21.4. The molecule has 0 bridgehead atoms. The molecule has 0 aliphatic carbocycles. The van der Waals surface area contributed by atoms with Crippen LogP contribution in [0.25, 0.3) is 5.57 Å². The summed E-state index contributed by atoms with van der Waals surface area (Å²) in [5, 5.41) is 24.6. The Labute approximate surface area is 209 Å². The van der Waals surface area contributed by atoms with Crippen LogP contribution in [0.15, 0.2) is 21.6 Å². The third kappa shape index (κ3) is 4.33. The zero-order valence-electron chi connectivity index (χ0n) is 16.1. The maximum atomic E-state index is 12.7. The Morgan fingerprint density at radius 3 is 2.77 bits per heavy atom. The number of carboxylic acid groups (broad SMARTS) is 1. The van der Waals surface area contributed by atoms with Crippen LogP contribution in [0.4, 0.5) is 5.13 Å². The minimum atomic E-state index is -1.50. The van der Waals surface area contributed by atoms with E-state index >= 15 is 0 Å². The Morgan fingerprint density at radius 2 is 2.19 bits per heavy atom. The van der Waals surface area contributed by atoms with Crippen LogP contribution >= 0.6 is 34.6 Å². The Hall–Kier alpha value is -2.04. The van der Waals surface area contributed by atoms with Crippen molar-refractivity contribution in [3.8, 4) is 0 Å². The molecule has 156 valence electrons. The van der Waals surface area contributed by atoms with Crippen molar-refractivity contribution < 1.29 is 53.9 Å². The Kier molecular flexibility index (Phi) is 7.33.